The second kappa shape index (κ2) is 7.25. The van der Waals surface area contributed by atoms with Gasteiger partial charge < -0.3 is 10.4 Å². The summed E-state index contributed by atoms with van der Waals surface area (Å²) in [7, 11) is -3.13. The lowest BCUT2D eigenvalue weighted by Gasteiger charge is -2.13. The van der Waals surface area contributed by atoms with Gasteiger partial charge in [0.05, 0.1) is 5.75 Å². The molecule has 0 unspecified atom stereocenters. The fourth-order valence-electron chi connectivity index (χ4n) is 1.68. The molecule has 0 fully saturated rings. The maximum Gasteiger partial charge on any atom is 0.320 e. The smallest absolute Gasteiger partial charge is 0.320 e. The van der Waals surface area contributed by atoms with Gasteiger partial charge in [0.1, 0.15) is 15.9 Å². The van der Waals surface area contributed by atoms with Gasteiger partial charge in [-0.25, -0.2) is 8.42 Å². The van der Waals surface area contributed by atoms with Crippen LogP contribution in [0.4, 0.5) is 0 Å². The van der Waals surface area contributed by atoms with E-state index in [0.717, 1.165) is 11.8 Å². The van der Waals surface area contributed by atoms with E-state index in [4.69, 9.17) is 5.11 Å². The average Bonchev–Trinajstić information content (AvgIpc) is 2.33. The first kappa shape index (κ1) is 15.7. The summed E-state index contributed by atoms with van der Waals surface area (Å²) in [6, 6.07) is 8.88. The summed E-state index contributed by atoms with van der Waals surface area (Å²) in [5.41, 5.74) is 1.11. The third kappa shape index (κ3) is 6.93. The molecule has 0 saturated heterocycles. The third-order valence-electron chi connectivity index (χ3n) is 2.72. The number of sulfone groups is 1. The van der Waals surface area contributed by atoms with Gasteiger partial charge in [0.15, 0.2) is 0 Å². The van der Waals surface area contributed by atoms with Gasteiger partial charge in [0.2, 0.25) is 0 Å². The molecule has 0 aromatic heterocycles. The summed E-state index contributed by atoms with van der Waals surface area (Å²) in [4.78, 5) is 11.0. The largest absolute Gasteiger partial charge is 0.480 e. The molecule has 19 heavy (non-hydrogen) atoms. The van der Waals surface area contributed by atoms with E-state index in [9.17, 15) is 13.2 Å². The summed E-state index contributed by atoms with van der Waals surface area (Å²) in [6.07, 6.45) is 1.91. The standard InChI is InChI=1S/C13H19NO4S/c1-19(17,18)10-8-12(13(15)16)14-9-7-11-5-3-2-4-6-11/h2-6,12,14H,7-10H2,1H3,(H,15,16)/t12-/m0/s1. The van der Waals surface area contributed by atoms with Gasteiger partial charge in [0.25, 0.3) is 0 Å². The molecule has 1 aromatic rings. The van der Waals surface area contributed by atoms with Crippen molar-refractivity contribution in [3.8, 4) is 0 Å². The Hall–Kier alpha value is -1.40. The van der Waals surface area contributed by atoms with Crippen molar-refractivity contribution in [3.63, 3.8) is 0 Å². The minimum Gasteiger partial charge on any atom is -0.480 e. The number of hydrogen-bond donors (Lipinski definition) is 2. The molecule has 1 aromatic carbocycles. The molecular formula is C13H19NO4S. The number of nitrogens with one attached hydrogen (secondary N) is 1. The summed E-state index contributed by atoms with van der Waals surface area (Å²) in [5, 5.41) is 11.9. The first-order chi connectivity index (χ1) is 8.88. The maximum atomic E-state index is 11.0. The number of rotatable bonds is 8. The van der Waals surface area contributed by atoms with Crippen molar-refractivity contribution in [3.05, 3.63) is 35.9 Å². The van der Waals surface area contributed by atoms with Crippen LogP contribution in [0.25, 0.3) is 0 Å². The van der Waals surface area contributed by atoms with Crippen LogP contribution in [-0.4, -0.2) is 44.1 Å². The zero-order valence-corrected chi connectivity index (χ0v) is 11.7. The van der Waals surface area contributed by atoms with Crippen molar-refractivity contribution in [1.82, 2.24) is 5.32 Å². The van der Waals surface area contributed by atoms with E-state index in [2.05, 4.69) is 5.32 Å². The van der Waals surface area contributed by atoms with Gasteiger partial charge in [-0.1, -0.05) is 30.3 Å². The zero-order valence-electron chi connectivity index (χ0n) is 10.9. The van der Waals surface area contributed by atoms with Gasteiger partial charge >= 0.3 is 5.97 Å². The van der Waals surface area contributed by atoms with Crippen molar-refractivity contribution >= 4 is 15.8 Å². The van der Waals surface area contributed by atoms with Crippen molar-refractivity contribution in [2.24, 2.45) is 0 Å². The van der Waals surface area contributed by atoms with E-state index in [0.29, 0.717) is 13.0 Å². The molecule has 106 valence electrons. The highest BCUT2D eigenvalue weighted by Gasteiger charge is 2.18. The monoisotopic (exact) mass is 285 g/mol. The van der Waals surface area contributed by atoms with E-state index in [1.165, 1.54) is 0 Å². The molecule has 1 rings (SSSR count). The minimum absolute atomic E-state index is 0.0863. The highest BCUT2D eigenvalue weighted by Crippen LogP contribution is 2.01. The van der Waals surface area contributed by atoms with Crippen molar-refractivity contribution in [2.45, 2.75) is 18.9 Å². The van der Waals surface area contributed by atoms with Crippen LogP contribution < -0.4 is 5.32 Å². The molecule has 0 heterocycles. The summed E-state index contributed by atoms with van der Waals surface area (Å²) in [5.74, 6) is -1.14. The van der Waals surface area contributed by atoms with Crippen LogP contribution in [0.2, 0.25) is 0 Å². The average molecular weight is 285 g/mol. The molecule has 0 spiro atoms. The quantitative estimate of drug-likeness (QED) is 0.735. The normalized spacial score (nSPS) is 13.1. The Bertz CT molecular complexity index is 499. The number of carbonyl (C=O) groups is 1. The van der Waals surface area contributed by atoms with Gasteiger partial charge in [-0.2, -0.15) is 0 Å². The second-order valence-electron chi connectivity index (χ2n) is 4.50. The Morgan fingerprint density at radius 2 is 1.95 bits per heavy atom. The highest BCUT2D eigenvalue weighted by atomic mass is 32.2. The Morgan fingerprint density at radius 3 is 2.47 bits per heavy atom. The van der Waals surface area contributed by atoms with Crippen molar-refractivity contribution < 1.29 is 18.3 Å². The SMILES string of the molecule is CS(=O)(=O)CC[C@H](NCCc1ccccc1)C(=O)O. The molecule has 5 nitrogen and oxygen atoms in total. The number of carboxylic acid groups (broad SMARTS) is 1. The third-order valence-corrected chi connectivity index (χ3v) is 3.70. The van der Waals surface area contributed by atoms with Crippen LogP contribution in [0.5, 0.6) is 0 Å². The first-order valence-corrected chi connectivity index (χ1v) is 8.12. The molecule has 0 saturated carbocycles. The van der Waals surface area contributed by atoms with Crippen LogP contribution in [-0.2, 0) is 21.1 Å². The second-order valence-corrected chi connectivity index (χ2v) is 6.76. The van der Waals surface area contributed by atoms with Crippen LogP contribution in [0.3, 0.4) is 0 Å². The Morgan fingerprint density at radius 1 is 1.32 bits per heavy atom. The van der Waals surface area contributed by atoms with Gasteiger partial charge in [-0.15, -0.1) is 0 Å². The van der Waals surface area contributed by atoms with Crippen LogP contribution >= 0.6 is 0 Å². The van der Waals surface area contributed by atoms with Crippen LogP contribution in [0.1, 0.15) is 12.0 Å². The highest BCUT2D eigenvalue weighted by molar-refractivity contribution is 7.90. The van der Waals surface area contributed by atoms with Gasteiger partial charge in [0, 0.05) is 6.26 Å². The number of benzene rings is 1. The molecular weight excluding hydrogens is 266 g/mol. The van der Waals surface area contributed by atoms with Crippen molar-refractivity contribution in [2.75, 3.05) is 18.6 Å². The predicted molar refractivity (Wildman–Crippen MR) is 73.9 cm³/mol. The number of aliphatic carboxylic acids is 1. The maximum absolute atomic E-state index is 11.0. The molecule has 0 amide bonds. The summed E-state index contributed by atoms with van der Waals surface area (Å²) >= 11 is 0. The molecule has 0 aliphatic rings. The Kier molecular flexibility index (Phi) is 5.98. The number of carboxylic acids is 1. The fourth-order valence-corrected chi connectivity index (χ4v) is 2.34. The van der Waals surface area contributed by atoms with Crippen LogP contribution in [0, 0.1) is 0 Å². The zero-order chi connectivity index (χ0) is 14.3. The summed E-state index contributed by atoms with van der Waals surface area (Å²) in [6.45, 7) is 0.505. The molecule has 0 aliphatic heterocycles. The van der Waals surface area contributed by atoms with Crippen LogP contribution in [0.15, 0.2) is 30.3 Å². The van der Waals surface area contributed by atoms with E-state index < -0.39 is 21.8 Å². The lowest BCUT2D eigenvalue weighted by Crippen LogP contribution is -2.39. The van der Waals surface area contributed by atoms with Gasteiger partial charge in [-0.05, 0) is 24.9 Å². The Labute approximate surface area is 113 Å². The Balaban J connectivity index is 2.40. The summed E-state index contributed by atoms with van der Waals surface area (Å²) < 4.78 is 22.1. The molecule has 0 aliphatic carbocycles. The van der Waals surface area contributed by atoms with Gasteiger partial charge in [-0.3, -0.25) is 4.79 Å². The molecule has 0 bridgehead atoms. The number of hydrogen-bond acceptors (Lipinski definition) is 4. The molecule has 2 N–H and O–H groups in total. The topological polar surface area (TPSA) is 83.5 Å². The van der Waals surface area contributed by atoms with E-state index in [1.807, 2.05) is 30.3 Å². The molecule has 6 heteroatoms. The lowest BCUT2D eigenvalue weighted by molar-refractivity contribution is -0.139. The van der Waals surface area contributed by atoms with E-state index >= 15 is 0 Å². The molecule has 1 atom stereocenters. The molecule has 0 radical (unpaired) electrons. The van der Waals surface area contributed by atoms with E-state index in [-0.39, 0.29) is 12.2 Å². The first-order valence-electron chi connectivity index (χ1n) is 6.06. The minimum atomic E-state index is -3.13. The fraction of sp³-hybridized carbons (Fsp3) is 0.462. The predicted octanol–water partition coefficient (Wildman–Crippen LogP) is 0.707. The van der Waals surface area contributed by atoms with Crippen molar-refractivity contribution in [1.29, 1.82) is 0 Å². The lowest BCUT2D eigenvalue weighted by atomic mass is 10.1. The van der Waals surface area contributed by atoms with E-state index in [1.54, 1.807) is 0 Å².